The maximum atomic E-state index is 13.7. The highest BCUT2D eigenvalue weighted by Gasteiger charge is 2.22. The second kappa shape index (κ2) is 6.97. The average Bonchev–Trinajstić information content (AvgIpc) is 2.54. The van der Waals surface area contributed by atoms with Gasteiger partial charge in [-0.2, -0.15) is 0 Å². The van der Waals surface area contributed by atoms with Crippen LogP contribution >= 0.6 is 0 Å². The molecule has 1 aliphatic rings. The standard InChI is InChI=1S/C18H20F2N2/c19-17-5-3-6-18(20)16(17)12-14-7-10-22(11-8-14)13-15-4-1-2-9-21-15/h1-6,9,14H,7-8,10-13H2. The van der Waals surface area contributed by atoms with Gasteiger partial charge in [0, 0.05) is 18.3 Å². The second-order valence-electron chi connectivity index (χ2n) is 5.94. The Kier molecular flexibility index (Phi) is 4.78. The van der Waals surface area contributed by atoms with Gasteiger partial charge in [-0.1, -0.05) is 12.1 Å². The molecular weight excluding hydrogens is 282 g/mol. The maximum absolute atomic E-state index is 13.7. The molecule has 0 saturated carbocycles. The summed E-state index contributed by atoms with van der Waals surface area (Å²) in [6.45, 7) is 2.76. The quantitative estimate of drug-likeness (QED) is 0.853. The molecule has 0 spiro atoms. The number of hydrogen-bond acceptors (Lipinski definition) is 2. The van der Waals surface area contributed by atoms with Crippen LogP contribution in [0.5, 0.6) is 0 Å². The van der Waals surface area contributed by atoms with Gasteiger partial charge in [0.05, 0.1) is 5.69 Å². The summed E-state index contributed by atoms with van der Waals surface area (Å²) in [6.07, 6.45) is 4.25. The third-order valence-corrected chi connectivity index (χ3v) is 4.37. The Morgan fingerprint density at radius 1 is 1.00 bits per heavy atom. The normalized spacial score (nSPS) is 16.8. The van der Waals surface area contributed by atoms with Gasteiger partial charge in [-0.3, -0.25) is 9.88 Å². The Labute approximate surface area is 129 Å². The monoisotopic (exact) mass is 302 g/mol. The third-order valence-electron chi connectivity index (χ3n) is 4.37. The molecular formula is C18H20F2N2. The predicted molar refractivity (Wildman–Crippen MR) is 82.3 cm³/mol. The van der Waals surface area contributed by atoms with E-state index < -0.39 is 11.6 Å². The van der Waals surface area contributed by atoms with Gasteiger partial charge in [-0.15, -0.1) is 0 Å². The Balaban J connectivity index is 1.54. The Morgan fingerprint density at radius 3 is 2.36 bits per heavy atom. The first kappa shape index (κ1) is 15.1. The molecule has 2 heterocycles. The minimum Gasteiger partial charge on any atom is -0.297 e. The number of benzene rings is 1. The van der Waals surface area contributed by atoms with Crippen LogP contribution in [0.3, 0.4) is 0 Å². The summed E-state index contributed by atoms with van der Waals surface area (Å²) in [7, 11) is 0. The lowest BCUT2D eigenvalue weighted by Gasteiger charge is -2.31. The van der Waals surface area contributed by atoms with Gasteiger partial charge in [0.1, 0.15) is 11.6 Å². The molecule has 1 fully saturated rings. The van der Waals surface area contributed by atoms with Crippen molar-refractivity contribution in [2.75, 3.05) is 13.1 Å². The van der Waals surface area contributed by atoms with Crippen LogP contribution in [0.4, 0.5) is 8.78 Å². The summed E-state index contributed by atoms with van der Waals surface area (Å²) in [6, 6.07) is 10.0. The molecule has 2 aromatic rings. The van der Waals surface area contributed by atoms with E-state index in [0.29, 0.717) is 12.3 Å². The molecule has 0 atom stereocenters. The summed E-state index contributed by atoms with van der Waals surface area (Å²) in [5.74, 6) is -0.488. The molecule has 0 aliphatic carbocycles. The van der Waals surface area contributed by atoms with Crippen LogP contribution in [0.2, 0.25) is 0 Å². The number of hydrogen-bond donors (Lipinski definition) is 0. The number of piperidine rings is 1. The van der Waals surface area contributed by atoms with Crippen molar-refractivity contribution < 1.29 is 8.78 Å². The van der Waals surface area contributed by atoms with Crippen LogP contribution in [-0.4, -0.2) is 23.0 Å². The van der Waals surface area contributed by atoms with E-state index in [4.69, 9.17) is 0 Å². The molecule has 3 rings (SSSR count). The van der Waals surface area contributed by atoms with Crippen LogP contribution in [0.15, 0.2) is 42.6 Å². The summed E-state index contributed by atoms with van der Waals surface area (Å²) in [5.41, 5.74) is 1.31. The van der Waals surface area contributed by atoms with Crippen LogP contribution < -0.4 is 0 Å². The van der Waals surface area contributed by atoms with E-state index in [0.717, 1.165) is 38.2 Å². The lowest BCUT2D eigenvalue weighted by Crippen LogP contribution is -2.34. The average molecular weight is 302 g/mol. The van der Waals surface area contributed by atoms with Crippen LogP contribution in [0, 0.1) is 17.6 Å². The molecule has 1 aliphatic heterocycles. The van der Waals surface area contributed by atoms with Gasteiger partial charge in [0.15, 0.2) is 0 Å². The summed E-state index contributed by atoms with van der Waals surface area (Å²) in [5, 5.41) is 0. The highest BCUT2D eigenvalue weighted by Crippen LogP contribution is 2.25. The fraction of sp³-hybridized carbons (Fsp3) is 0.389. The van der Waals surface area contributed by atoms with E-state index in [9.17, 15) is 8.78 Å². The lowest BCUT2D eigenvalue weighted by atomic mass is 9.89. The molecule has 116 valence electrons. The lowest BCUT2D eigenvalue weighted by molar-refractivity contribution is 0.174. The summed E-state index contributed by atoms with van der Waals surface area (Å²) < 4.78 is 27.4. The van der Waals surface area contributed by atoms with E-state index in [2.05, 4.69) is 9.88 Å². The van der Waals surface area contributed by atoms with E-state index in [1.807, 2.05) is 24.4 Å². The predicted octanol–water partition coefficient (Wildman–Crippen LogP) is 3.81. The first-order valence-electron chi connectivity index (χ1n) is 7.77. The molecule has 0 radical (unpaired) electrons. The van der Waals surface area contributed by atoms with Crippen molar-refractivity contribution in [3.8, 4) is 0 Å². The summed E-state index contributed by atoms with van der Waals surface area (Å²) in [4.78, 5) is 6.70. The van der Waals surface area contributed by atoms with E-state index in [1.165, 1.54) is 18.2 Å². The van der Waals surface area contributed by atoms with Crippen LogP contribution in [0.25, 0.3) is 0 Å². The second-order valence-corrected chi connectivity index (χ2v) is 5.94. The molecule has 1 saturated heterocycles. The molecule has 4 heteroatoms. The minimum atomic E-state index is -0.420. The first-order chi connectivity index (χ1) is 10.7. The molecule has 1 aromatic heterocycles. The number of halogens is 2. The van der Waals surface area contributed by atoms with Gasteiger partial charge in [-0.25, -0.2) is 8.78 Å². The largest absolute Gasteiger partial charge is 0.297 e. The minimum absolute atomic E-state index is 0.241. The van der Waals surface area contributed by atoms with Gasteiger partial charge in [-0.05, 0) is 62.5 Å². The number of aromatic nitrogens is 1. The zero-order valence-corrected chi connectivity index (χ0v) is 12.5. The zero-order chi connectivity index (χ0) is 15.4. The van der Waals surface area contributed by atoms with Crippen molar-refractivity contribution in [2.24, 2.45) is 5.92 Å². The van der Waals surface area contributed by atoms with Crippen LogP contribution in [0.1, 0.15) is 24.1 Å². The van der Waals surface area contributed by atoms with Crippen molar-refractivity contribution in [1.82, 2.24) is 9.88 Å². The number of pyridine rings is 1. The fourth-order valence-corrected chi connectivity index (χ4v) is 3.09. The van der Waals surface area contributed by atoms with Gasteiger partial charge >= 0.3 is 0 Å². The Hall–Kier alpha value is -1.81. The molecule has 0 N–H and O–H groups in total. The van der Waals surface area contributed by atoms with E-state index >= 15 is 0 Å². The van der Waals surface area contributed by atoms with Crippen molar-refractivity contribution >= 4 is 0 Å². The zero-order valence-electron chi connectivity index (χ0n) is 12.5. The third kappa shape index (κ3) is 3.69. The van der Waals surface area contributed by atoms with Gasteiger partial charge in [0.25, 0.3) is 0 Å². The molecule has 0 amide bonds. The van der Waals surface area contributed by atoms with Crippen molar-refractivity contribution in [3.05, 3.63) is 65.5 Å². The molecule has 2 nitrogen and oxygen atoms in total. The Bertz CT molecular complexity index is 587. The summed E-state index contributed by atoms with van der Waals surface area (Å²) >= 11 is 0. The number of rotatable bonds is 4. The van der Waals surface area contributed by atoms with Crippen molar-refractivity contribution in [3.63, 3.8) is 0 Å². The molecule has 0 bridgehead atoms. The van der Waals surface area contributed by atoms with Crippen molar-refractivity contribution in [2.45, 2.75) is 25.8 Å². The van der Waals surface area contributed by atoms with Gasteiger partial charge < -0.3 is 0 Å². The highest BCUT2D eigenvalue weighted by atomic mass is 19.1. The topological polar surface area (TPSA) is 16.1 Å². The molecule has 22 heavy (non-hydrogen) atoms. The van der Waals surface area contributed by atoms with Crippen molar-refractivity contribution in [1.29, 1.82) is 0 Å². The van der Waals surface area contributed by atoms with E-state index in [1.54, 1.807) is 0 Å². The molecule has 0 unspecified atom stereocenters. The fourth-order valence-electron chi connectivity index (χ4n) is 3.09. The smallest absolute Gasteiger partial charge is 0.129 e. The number of nitrogens with zero attached hydrogens (tertiary/aromatic N) is 2. The Morgan fingerprint density at radius 2 is 1.73 bits per heavy atom. The first-order valence-corrected chi connectivity index (χ1v) is 7.77. The highest BCUT2D eigenvalue weighted by molar-refractivity contribution is 5.20. The molecule has 1 aromatic carbocycles. The SMILES string of the molecule is Fc1cccc(F)c1CC1CCN(Cc2ccccn2)CC1. The maximum Gasteiger partial charge on any atom is 0.129 e. The van der Waals surface area contributed by atoms with E-state index in [-0.39, 0.29) is 5.56 Å². The van der Waals surface area contributed by atoms with Gasteiger partial charge in [0.2, 0.25) is 0 Å². The van der Waals surface area contributed by atoms with Crippen LogP contribution in [-0.2, 0) is 13.0 Å². The number of likely N-dealkylation sites (tertiary alicyclic amines) is 1.